The SMILES string of the molecule is CCCCCC(C(=O)OCC)(C1C=Nc2ccc(CN3CCOCC3)cc21)C1C=Nc2ccc(CN3CCOCC3)cc21. The zero-order valence-corrected chi connectivity index (χ0v) is 25.8. The molecule has 0 radical (unpaired) electrons. The fraction of sp³-hybridized carbons (Fsp3) is 0.571. The van der Waals surface area contributed by atoms with E-state index in [4.69, 9.17) is 24.2 Å². The fourth-order valence-electron chi connectivity index (χ4n) is 7.26. The van der Waals surface area contributed by atoms with Crippen LogP contribution in [-0.4, -0.2) is 87.4 Å². The molecule has 2 aromatic rings. The number of benzene rings is 2. The monoisotopic (exact) mass is 586 g/mol. The lowest BCUT2D eigenvalue weighted by molar-refractivity contribution is -0.157. The number of ether oxygens (including phenoxy) is 3. The molecule has 4 heterocycles. The Morgan fingerprint density at radius 3 is 1.79 bits per heavy atom. The Hall–Kier alpha value is -2.91. The van der Waals surface area contributed by atoms with Crippen molar-refractivity contribution in [1.82, 2.24) is 9.80 Å². The average molecular weight is 587 g/mol. The van der Waals surface area contributed by atoms with E-state index in [2.05, 4.69) is 53.1 Å². The van der Waals surface area contributed by atoms with Crippen LogP contribution in [0.3, 0.4) is 0 Å². The second-order valence-corrected chi connectivity index (χ2v) is 12.3. The molecule has 0 aromatic heterocycles. The third kappa shape index (κ3) is 6.34. The van der Waals surface area contributed by atoms with Crippen molar-refractivity contribution in [2.45, 2.75) is 64.5 Å². The molecule has 2 atom stereocenters. The highest BCUT2D eigenvalue weighted by Gasteiger charge is 2.55. The van der Waals surface area contributed by atoms with Crippen molar-refractivity contribution in [2.75, 3.05) is 59.2 Å². The predicted molar refractivity (Wildman–Crippen MR) is 170 cm³/mol. The molecule has 2 fully saturated rings. The summed E-state index contributed by atoms with van der Waals surface area (Å²) < 4.78 is 17.1. The smallest absolute Gasteiger partial charge is 0.314 e. The van der Waals surface area contributed by atoms with Crippen LogP contribution in [0.2, 0.25) is 0 Å². The Morgan fingerprint density at radius 2 is 1.33 bits per heavy atom. The quantitative estimate of drug-likeness (QED) is 0.232. The molecule has 8 nitrogen and oxygen atoms in total. The summed E-state index contributed by atoms with van der Waals surface area (Å²) in [5, 5.41) is 0. The van der Waals surface area contributed by atoms with E-state index in [0.29, 0.717) is 13.0 Å². The van der Waals surface area contributed by atoms with Gasteiger partial charge in [-0.15, -0.1) is 0 Å². The standard InChI is InChI=1S/C35H46N4O4/c1-3-5-6-11-35(34(40)43-4-2,30-22-36-32-9-7-26(20-28(30)32)24-38-12-16-41-17-13-38)31-23-37-33-10-8-27(21-29(31)33)25-39-14-18-42-19-15-39/h7-10,20-23,30-31H,3-6,11-19,24-25H2,1-2H3. The number of unbranched alkanes of at least 4 members (excludes halogenated alkanes) is 2. The van der Waals surface area contributed by atoms with Gasteiger partial charge in [-0.2, -0.15) is 0 Å². The van der Waals surface area contributed by atoms with Crippen LogP contribution in [0.25, 0.3) is 0 Å². The number of fused-ring (bicyclic) bond motifs is 2. The second-order valence-electron chi connectivity index (χ2n) is 12.3. The Kier molecular flexibility index (Phi) is 9.67. The summed E-state index contributed by atoms with van der Waals surface area (Å²) in [5.41, 5.74) is 5.81. The first-order valence-corrected chi connectivity index (χ1v) is 16.2. The first-order chi connectivity index (χ1) is 21.1. The Morgan fingerprint density at radius 1 is 0.814 bits per heavy atom. The van der Waals surface area contributed by atoms with Gasteiger partial charge < -0.3 is 14.2 Å². The molecule has 0 amide bonds. The van der Waals surface area contributed by atoms with Gasteiger partial charge in [0.15, 0.2) is 0 Å². The van der Waals surface area contributed by atoms with Gasteiger partial charge in [-0.3, -0.25) is 24.6 Å². The van der Waals surface area contributed by atoms with E-state index < -0.39 is 5.41 Å². The minimum Gasteiger partial charge on any atom is -0.466 e. The molecule has 0 saturated carbocycles. The number of carbonyl (C=O) groups excluding carboxylic acids is 1. The van der Waals surface area contributed by atoms with Crippen molar-refractivity contribution in [3.8, 4) is 0 Å². The van der Waals surface area contributed by atoms with Crippen LogP contribution in [-0.2, 0) is 32.1 Å². The van der Waals surface area contributed by atoms with Gasteiger partial charge in [0.2, 0.25) is 0 Å². The molecule has 0 spiro atoms. The first kappa shape index (κ1) is 30.1. The van der Waals surface area contributed by atoms with Crippen LogP contribution < -0.4 is 0 Å². The maximum Gasteiger partial charge on any atom is 0.314 e. The molecule has 4 aliphatic heterocycles. The van der Waals surface area contributed by atoms with Crippen molar-refractivity contribution in [1.29, 1.82) is 0 Å². The molecule has 0 N–H and O–H groups in total. The second kappa shape index (κ2) is 13.8. The number of carbonyl (C=O) groups is 1. The molecule has 4 aliphatic rings. The van der Waals surface area contributed by atoms with Crippen molar-refractivity contribution in [3.63, 3.8) is 0 Å². The van der Waals surface area contributed by atoms with Crippen LogP contribution >= 0.6 is 0 Å². The molecular formula is C35H46N4O4. The van der Waals surface area contributed by atoms with E-state index in [1.807, 2.05) is 19.4 Å². The summed E-state index contributed by atoms with van der Waals surface area (Å²) in [5.74, 6) is -0.543. The normalized spacial score (nSPS) is 23.2. The van der Waals surface area contributed by atoms with Gasteiger partial charge in [0.05, 0.1) is 49.8 Å². The van der Waals surface area contributed by atoms with Crippen molar-refractivity contribution >= 4 is 29.8 Å². The van der Waals surface area contributed by atoms with E-state index in [0.717, 1.165) is 107 Å². The Bertz CT molecular complexity index is 1240. The summed E-state index contributed by atoms with van der Waals surface area (Å²) >= 11 is 0. The van der Waals surface area contributed by atoms with Crippen LogP contribution in [0.4, 0.5) is 11.4 Å². The van der Waals surface area contributed by atoms with Crippen molar-refractivity contribution in [2.24, 2.45) is 15.4 Å². The molecule has 0 bridgehead atoms. The van der Waals surface area contributed by atoms with Gasteiger partial charge in [0.1, 0.15) is 0 Å². The zero-order chi connectivity index (χ0) is 29.6. The van der Waals surface area contributed by atoms with Crippen molar-refractivity contribution < 1.29 is 19.0 Å². The maximum absolute atomic E-state index is 14.5. The number of morpholine rings is 2. The molecule has 2 unspecified atom stereocenters. The highest BCUT2D eigenvalue weighted by atomic mass is 16.5. The largest absolute Gasteiger partial charge is 0.466 e. The molecule has 8 heteroatoms. The summed E-state index contributed by atoms with van der Waals surface area (Å²) in [6.45, 7) is 13.0. The minimum absolute atomic E-state index is 0.142. The maximum atomic E-state index is 14.5. The Balaban J connectivity index is 1.39. The summed E-state index contributed by atoms with van der Waals surface area (Å²) in [6.07, 6.45) is 7.84. The van der Waals surface area contributed by atoms with E-state index >= 15 is 0 Å². The topological polar surface area (TPSA) is 76.0 Å². The molecule has 230 valence electrons. The fourth-order valence-corrected chi connectivity index (χ4v) is 7.26. The summed E-state index contributed by atoms with van der Waals surface area (Å²) in [4.78, 5) is 29.1. The van der Waals surface area contributed by atoms with Gasteiger partial charge >= 0.3 is 5.97 Å². The molecule has 2 aromatic carbocycles. The van der Waals surface area contributed by atoms with Crippen LogP contribution in [0.5, 0.6) is 0 Å². The van der Waals surface area contributed by atoms with E-state index in [-0.39, 0.29) is 17.8 Å². The number of aliphatic imine (C=N–C) groups is 2. The van der Waals surface area contributed by atoms with Gasteiger partial charge in [-0.05, 0) is 47.7 Å². The lowest BCUT2D eigenvalue weighted by atomic mass is 9.60. The molecule has 6 rings (SSSR count). The van der Waals surface area contributed by atoms with E-state index in [1.54, 1.807) is 0 Å². The number of hydrogen-bond acceptors (Lipinski definition) is 8. The van der Waals surface area contributed by atoms with Crippen LogP contribution in [0.1, 0.15) is 73.6 Å². The van der Waals surface area contributed by atoms with Gasteiger partial charge in [0, 0.05) is 63.5 Å². The molecular weight excluding hydrogens is 540 g/mol. The lowest BCUT2D eigenvalue weighted by Gasteiger charge is -2.40. The van der Waals surface area contributed by atoms with Crippen LogP contribution in [0, 0.1) is 5.41 Å². The van der Waals surface area contributed by atoms with Gasteiger partial charge in [-0.1, -0.05) is 50.5 Å². The highest BCUT2D eigenvalue weighted by Crippen LogP contribution is 2.56. The Labute approximate surface area is 256 Å². The highest BCUT2D eigenvalue weighted by molar-refractivity contribution is 5.96. The van der Waals surface area contributed by atoms with E-state index in [1.165, 1.54) is 11.1 Å². The average Bonchev–Trinajstić information content (AvgIpc) is 3.65. The number of esters is 1. The first-order valence-electron chi connectivity index (χ1n) is 16.2. The van der Waals surface area contributed by atoms with E-state index in [9.17, 15) is 4.79 Å². The molecule has 0 aliphatic carbocycles. The van der Waals surface area contributed by atoms with Gasteiger partial charge in [0.25, 0.3) is 0 Å². The summed E-state index contributed by atoms with van der Waals surface area (Å²) in [6, 6.07) is 13.2. The lowest BCUT2D eigenvalue weighted by Crippen LogP contribution is -2.44. The van der Waals surface area contributed by atoms with Crippen molar-refractivity contribution in [3.05, 3.63) is 58.7 Å². The summed E-state index contributed by atoms with van der Waals surface area (Å²) in [7, 11) is 0. The molecule has 2 saturated heterocycles. The number of hydrogen-bond donors (Lipinski definition) is 0. The predicted octanol–water partition coefficient (Wildman–Crippen LogP) is 5.78. The third-order valence-corrected chi connectivity index (χ3v) is 9.56. The zero-order valence-electron chi connectivity index (χ0n) is 25.8. The van der Waals surface area contributed by atoms with Gasteiger partial charge in [-0.25, -0.2) is 0 Å². The number of rotatable bonds is 12. The minimum atomic E-state index is -0.843. The molecule has 43 heavy (non-hydrogen) atoms. The van der Waals surface area contributed by atoms with Crippen LogP contribution in [0.15, 0.2) is 46.4 Å². The number of nitrogens with zero attached hydrogens (tertiary/aromatic N) is 4. The third-order valence-electron chi connectivity index (χ3n) is 9.56.